The third kappa shape index (κ3) is 8.91. The Kier molecular flexibility index (Phi) is 11.8. The van der Waals surface area contributed by atoms with Crippen LogP contribution in [0, 0.1) is 17.2 Å². The van der Waals surface area contributed by atoms with Crippen LogP contribution in [0.25, 0.3) is 22.0 Å². The molecule has 296 valence electrons. The molecule has 1 saturated carbocycles. The maximum absolute atomic E-state index is 13.0. The number of hydrogen-bond acceptors (Lipinski definition) is 8. The van der Waals surface area contributed by atoms with Gasteiger partial charge in [-0.2, -0.15) is 5.26 Å². The van der Waals surface area contributed by atoms with Crippen LogP contribution in [0.4, 0.5) is 5.82 Å². The number of carbonyl (C=O) groups excluding carboxylic acids is 1. The molecule has 1 aliphatic carbocycles. The number of anilines is 1. The number of pyridine rings is 1. The number of piperidine rings is 1. The summed E-state index contributed by atoms with van der Waals surface area (Å²) in [5.41, 5.74) is 4.31. The molecule has 0 radical (unpaired) electrons. The van der Waals surface area contributed by atoms with Crippen molar-refractivity contribution in [3.63, 3.8) is 0 Å². The van der Waals surface area contributed by atoms with Gasteiger partial charge in [-0.05, 0) is 124 Å². The van der Waals surface area contributed by atoms with Gasteiger partial charge < -0.3 is 29.2 Å². The molecule has 6 aromatic rings. The Hall–Kier alpha value is -5.64. The van der Waals surface area contributed by atoms with Gasteiger partial charge in [0, 0.05) is 65.6 Å². The summed E-state index contributed by atoms with van der Waals surface area (Å²) >= 11 is 9.76. The Bertz CT molecular complexity index is 2520. The molecule has 0 unspecified atom stereocenters. The minimum Gasteiger partial charge on any atom is -0.490 e. The Morgan fingerprint density at radius 3 is 2.45 bits per heavy atom. The number of aryl methyl sites for hydroxylation is 2. The summed E-state index contributed by atoms with van der Waals surface area (Å²) < 4.78 is 15.0. The third-order valence-electron chi connectivity index (χ3n) is 11.3. The van der Waals surface area contributed by atoms with Gasteiger partial charge in [-0.25, -0.2) is 0 Å². The molecule has 0 bridgehead atoms. The van der Waals surface area contributed by atoms with E-state index in [-0.39, 0.29) is 23.6 Å². The zero-order valence-electron chi connectivity index (χ0n) is 32.1. The molecule has 1 aliphatic heterocycles. The van der Waals surface area contributed by atoms with Gasteiger partial charge in [0.1, 0.15) is 28.8 Å². The normalized spacial score (nSPS) is 17.2. The van der Waals surface area contributed by atoms with Crippen LogP contribution < -0.4 is 25.2 Å². The Balaban J connectivity index is 0.782. The van der Waals surface area contributed by atoms with Crippen LogP contribution in [0.1, 0.15) is 66.6 Å². The number of carbonyl (C=O) groups is 1. The zero-order chi connectivity index (χ0) is 40.2. The van der Waals surface area contributed by atoms with Gasteiger partial charge in [0.2, 0.25) is 0 Å². The predicted octanol–water partition coefficient (Wildman–Crippen LogP) is 9.37. The van der Waals surface area contributed by atoms with Crippen LogP contribution >= 0.6 is 27.5 Å². The first-order valence-corrected chi connectivity index (χ1v) is 20.9. The highest BCUT2D eigenvalue weighted by Gasteiger charge is 2.26. The van der Waals surface area contributed by atoms with Gasteiger partial charge in [-0.1, -0.05) is 39.7 Å². The number of benzene rings is 3. The fraction of sp³-hybridized carbons (Fsp3) is 0.311. The summed E-state index contributed by atoms with van der Waals surface area (Å²) in [4.78, 5) is 31.0. The van der Waals surface area contributed by atoms with Gasteiger partial charge in [0.25, 0.3) is 11.5 Å². The van der Waals surface area contributed by atoms with Crippen molar-refractivity contribution in [3.8, 4) is 34.4 Å². The number of aromatic amines is 1. The number of nitriles is 1. The van der Waals surface area contributed by atoms with Crippen molar-refractivity contribution < 1.29 is 14.3 Å². The van der Waals surface area contributed by atoms with Crippen molar-refractivity contribution in [2.45, 2.75) is 63.5 Å². The summed E-state index contributed by atoms with van der Waals surface area (Å²) in [6.07, 6.45) is 11.1. The van der Waals surface area contributed by atoms with E-state index in [1.807, 2.05) is 48.7 Å². The lowest BCUT2D eigenvalue weighted by molar-refractivity contribution is 0.0888. The van der Waals surface area contributed by atoms with E-state index in [9.17, 15) is 9.59 Å². The van der Waals surface area contributed by atoms with Crippen LogP contribution in [-0.4, -0.2) is 50.9 Å². The molecule has 2 N–H and O–H groups in total. The van der Waals surface area contributed by atoms with Crippen molar-refractivity contribution in [2.75, 3.05) is 18.0 Å². The molecular weight excluding hydrogens is 818 g/mol. The van der Waals surface area contributed by atoms with Crippen LogP contribution in [0.15, 0.2) is 101 Å². The van der Waals surface area contributed by atoms with Crippen molar-refractivity contribution in [1.82, 2.24) is 25.1 Å². The Morgan fingerprint density at radius 2 is 1.72 bits per heavy atom. The predicted molar refractivity (Wildman–Crippen MR) is 229 cm³/mol. The van der Waals surface area contributed by atoms with Crippen molar-refractivity contribution in [1.29, 1.82) is 5.26 Å². The number of nitrogens with zero attached hydrogens (tertiary/aromatic N) is 5. The molecular formula is C45H43BrClN7O4. The molecule has 11 nitrogen and oxygen atoms in total. The van der Waals surface area contributed by atoms with E-state index in [0.717, 1.165) is 97.0 Å². The van der Waals surface area contributed by atoms with E-state index in [0.29, 0.717) is 39.2 Å². The highest BCUT2D eigenvalue weighted by Crippen LogP contribution is 2.38. The van der Waals surface area contributed by atoms with Gasteiger partial charge in [0.15, 0.2) is 11.5 Å². The smallest absolute Gasteiger partial charge is 0.274 e. The maximum atomic E-state index is 13.0. The number of hydrogen-bond donors (Lipinski definition) is 2. The highest BCUT2D eigenvalue weighted by molar-refractivity contribution is 9.10. The molecule has 4 heterocycles. The summed E-state index contributed by atoms with van der Waals surface area (Å²) in [6.45, 7) is 1.80. The molecule has 0 atom stereocenters. The van der Waals surface area contributed by atoms with E-state index in [2.05, 4.69) is 59.5 Å². The summed E-state index contributed by atoms with van der Waals surface area (Å²) in [7, 11) is 1.76. The number of amides is 1. The van der Waals surface area contributed by atoms with E-state index >= 15 is 0 Å². The van der Waals surface area contributed by atoms with Crippen LogP contribution in [0.5, 0.6) is 17.2 Å². The van der Waals surface area contributed by atoms with E-state index in [1.54, 1.807) is 42.1 Å². The second-order valence-electron chi connectivity index (χ2n) is 15.2. The van der Waals surface area contributed by atoms with Gasteiger partial charge in [-0.15, -0.1) is 10.2 Å². The second kappa shape index (κ2) is 17.5. The second-order valence-corrected chi connectivity index (χ2v) is 16.5. The average molecular weight is 861 g/mol. The summed E-state index contributed by atoms with van der Waals surface area (Å²) in [6, 6.07) is 27.1. The number of fused-ring (bicyclic) bond motifs is 1. The highest BCUT2D eigenvalue weighted by atomic mass is 79.9. The molecule has 8 rings (SSSR count). The first-order valence-electron chi connectivity index (χ1n) is 19.7. The number of H-pyrrole nitrogens is 1. The van der Waals surface area contributed by atoms with Crippen molar-refractivity contribution in [3.05, 3.63) is 128 Å². The lowest BCUT2D eigenvalue weighted by Gasteiger charge is -2.32. The molecule has 58 heavy (non-hydrogen) atoms. The molecule has 3 aromatic carbocycles. The molecule has 1 amide bonds. The minimum atomic E-state index is -0.210. The maximum Gasteiger partial charge on any atom is 0.274 e. The molecule has 2 fully saturated rings. The average Bonchev–Trinajstić information content (AvgIpc) is 3.74. The SMILES string of the molecule is Cn1cc(-c2cc(Br)ccc2Oc2ccc(CCC3CCN(c4ccc(C(=O)NC5CCC(Oc6ccc(C#N)c(Cl)c6)CC5)nn4)CC3)cc2)c2cc[nH]c2c1=O. The minimum absolute atomic E-state index is 0.0316. The van der Waals surface area contributed by atoms with Gasteiger partial charge in [-0.3, -0.25) is 9.59 Å². The molecule has 2 aliphatic rings. The molecule has 0 spiro atoms. The quantitative estimate of drug-likeness (QED) is 0.132. The lowest BCUT2D eigenvalue weighted by Crippen LogP contribution is -2.40. The van der Waals surface area contributed by atoms with Crippen LogP contribution in [-0.2, 0) is 13.5 Å². The molecule has 3 aromatic heterocycles. The number of rotatable bonds is 11. The number of ether oxygens (including phenoxy) is 2. The van der Waals surface area contributed by atoms with E-state index < -0.39 is 0 Å². The summed E-state index contributed by atoms with van der Waals surface area (Å²) in [5, 5.41) is 22.2. The Morgan fingerprint density at radius 1 is 0.948 bits per heavy atom. The third-order valence-corrected chi connectivity index (χ3v) is 12.1. The number of nitrogens with one attached hydrogen (secondary N) is 2. The van der Waals surface area contributed by atoms with Gasteiger partial charge >= 0.3 is 0 Å². The van der Waals surface area contributed by atoms with E-state index in [1.165, 1.54) is 5.56 Å². The first-order chi connectivity index (χ1) is 28.2. The Labute approximate surface area is 350 Å². The largest absolute Gasteiger partial charge is 0.490 e. The van der Waals surface area contributed by atoms with Crippen LogP contribution in [0.2, 0.25) is 5.02 Å². The number of aromatic nitrogens is 4. The molecule has 1 saturated heterocycles. The fourth-order valence-corrected chi connectivity index (χ4v) is 8.58. The van der Waals surface area contributed by atoms with Gasteiger partial charge in [0.05, 0.1) is 16.7 Å². The van der Waals surface area contributed by atoms with Crippen molar-refractivity contribution >= 4 is 50.2 Å². The molecule has 13 heteroatoms. The number of halogens is 2. The lowest BCUT2D eigenvalue weighted by atomic mass is 9.90. The topological polar surface area (TPSA) is 138 Å². The van der Waals surface area contributed by atoms with Crippen LogP contribution in [0.3, 0.4) is 0 Å². The summed E-state index contributed by atoms with van der Waals surface area (Å²) in [5.74, 6) is 3.32. The first kappa shape index (κ1) is 39.2. The monoisotopic (exact) mass is 859 g/mol. The standard InChI is InChI=1S/C45H43BrClN7O4/c1-53-27-38(36-18-21-49-43(36)45(53)56)37-24-31(46)7-16-41(37)58-34-10-4-28(5-11-34)2-3-29-19-22-54(23-20-29)42-17-15-40(51-52-42)44(55)50-32-8-13-33(14-9-32)57-35-12-6-30(26-48)39(47)25-35/h4-7,10-12,15-18,21,24-25,27,29,32-33,49H,2-3,8-9,13-14,19-20,22-23H2,1H3,(H,50,55). The fourth-order valence-electron chi connectivity index (χ4n) is 8.01. The zero-order valence-corrected chi connectivity index (χ0v) is 34.4. The van der Waals surface area contributed by atoms with E-state index in [4.69, 9.17) is 26.3 Å². The van der Waals surface area contributed by atoms with Crippen molar-refractivity contribution in [2.24, 2.45) is 13.0 Å².